The van der Waals surface area contributed by atoms with Gasteiger partial charge in [0.05, 0.1) is 12.5 Å². The molecule has 4 heteroatoms. The number of hydrogen-bond donors (Lipinski definition) is 1. The van der Waals surface area contributed by atoms with Gasteiger partial charge in [0, 0.05) is 27.2 Å². The van der Waals surface area contributed by atoms with Crippen LogP contribution in [0.4, 0.5) is 0 Å². The summed E-state index contributed by atoms with van der Waals surface area (Å²) >= 11 is 0. The first-order valence-electron chi connectivity index (χ1n) is 4.12. The molecule has 0 aromatic heterocycles. The summed E-state index contributed by atoms with van der Waals surface area (Å²) in [4.78, 5) is 12.9. The third-order valence-electron chi connectivity index (χ3n) is 1.90. The van der Waals surface area contributed by atoms with Gasteiger partial charge >= 0.3 is 0 Å². The van der Waals surface area contributed by atoms with E-state index in [1.807, 2.05) is 6.92 Å². The molecule has 0 aliphatic heterocycles. The Morgan fingerprint density at radius 2 is 2.25 bits per heavy atom. The topological polar surface area (TPSA) is 55.6 Å². The Bertz CT molecular complexity index is 135. The molecule has 0 aromatic carbocycles. The first-order valence-corrected chi connectivity index (χ1v) is 4.12. The van der Waals surface area contributed by atoms with Crippen LogP contribution in [0, 0.1) is 0 Å². The highest BCUT2D eigenvalue weighted by atomic mass is 16.5. The number of carbonyl (C=O) groups is 1. The van der Waals surface area contributed by atoms with E-state index in [-0.39, 0.29) is 12.0 Å². The molecule has 0 radical (unpaired) electrons. The molecule has 0 spiro atoms. The minimum atomic E-state index is -0.147. The molecule has 0 saturated heterocycles. The predicted octanol–water partition coefficient (Wildman–Crippen LogP) is -0.171. The Labute approximate surface area is 73.7 Å². The maximum Gasteiger partial charge on any atom is 0.224 e. The van der Waals surface area contributed by atoms with E-state index in [9.17, 15) is 4.79 Å². The minimum Gasteiger partial charge on any atom is -0.380 e. The van der Waals surface area contributed by atoms with Crippen molar-refractivity contribution in [2.75, 3.05) is 27.2 Å². The summed E-state index contributed by atoms with van der Waals surface area (Å²) in [5.74, 6) is 0.0785. The van der Waals surface area contributed by atoms with E-state index in [4.69, 9.17) is 10.5 Å². The second-order valence-electron chi connectivity index (χ2n) is 2.71. The van der Waals surface area contributed by atoms with Crippen molar-refractivity contribution in [2.24, 2.45) is 5.73 Å². The molecule has 0 aliphatic rings. The number of nitrogens with zero attached hydrogens (tertiary/aromatic N) is 1. The highest BCUT2D eigenvalue weighted by Crippen LogP contribution is 1.98. The molecule has 0 saturated carbocycles. The Hall–Kier alpha value is -0.610. The van der Waals surface area contributed by atoms with Crippen molar-refractivity contribution in [3.05, 3.63) is 0 Å². The lowest BCUT2D eigenvalue weighted by atomic mass is 10.2. The van der Waals surface area contributed by atoms with Gasteiger partial charge in [0.2, 0.25) is 5.91 Å². The minimum absolute atomic E-state index is 0.0785. The van der Waals surface area contributed by atoms with Gasteiger partial charge in [-0.25, -0.2) is 0 Å². The van der Waals surface area contributed by atoms with Crippen LogP contribution in [0.25, 0.3) is 0 Å². The van der Waals surface area contributed by atoms with Crippen LogP contribution in [-0.2, 0) is 9.53 Å². The van der Waals surface area contributed by atoms with Crippen molar-refractivity contribution in [3.8, 4) is 0 Å². The highest BCUT2D eigenvalue weighted by Gasteiger charge is 2.13. The summed E-state index contributed by atoms with van der Waals surface area (Å²) in [6.07, 6.45) is 0.226. The van der Waals surface area contributed by atoms with Gasteiger partial charge in [0.15, 0.2) is 0 Å². The van der Waals surface area contributed by atoms with Crippen LogP contribution in [0.5, 0.6) is 0 Å². The van der Waals surface area contributed by atoms with Crippen LogP contribution < -0.4 is 5.73 Å². The fraction of sp³-hybridized carbons (Fsp3) is 0.875. The molecule has 0 rings (SSSR count). The monoisotopic (exact) mass is 174 g/mol. The molecule has 0 fully saturated rings. The van der Waals surface area contributed by atoms with Gasteiger partial charge in [-0.1, -0.05) is 0 Å². The average molecular weight is 174 g/mol. The third-order valence-corrected chi connectivity index (χ3v) is 1.90. The van der Waals surface area contributed by atoms with Crippen molar-refractivity contribution >= 4 is 5.91 Å². The smallest absolute Gasteiger partial charge is 0.224 e. The number of nitrogens with two attached hydrogens (primary N) is 1. The molecule has 72 valence electrons. The summed E-state index contributed by atoms with van der Waals surface area (Å²) in [5, 5.41) is 0. The van der Waals surface area contributed by atoms with Crippen LogP contribution in [0.1, 0.15) is 13.3 Å². The Morgan fingerprint density at radius 1 is 1.67 bits per heavy atom. The van der Waals surface area contributed by atoms with E-state index in [1.165, 1.54) is 0 Å². The zero-order valence-electron chi connectivity index (χ0n) is 8.04. The number of rotatable bonds is 5. The van der Waals surface area contributed by atoms with E-state index in [2.05, 4.69) is 0 Å². The summed E-state index contributed by atoms with van der Waals surface area (Å²) in [5.41, 5.74) is 5.38. The standard InChI is InChI=1S/C8H18N2O2/c1-4-10(2)8(11)5-7(6-9)12-3/h7H,4-6,9H2,1-3H3. The number of carbonyl (C=O) groups excluding carboxylic acids is 1. The molecule has 1 amide bonds. The predicted molar refractivity (Wildman–Crippen MR) is 47.8 cm³/mol. The molecule has 0 aliphatic carbocycles. The van der Waals surface area contributed by atoms with Gasteiger partial charge in [-0.05, 0) is 6.92 Å². The lowest BCUT2D eigenvalue weighted by molar-refractivity contribution is -0.132. The number of methoxy groups -OCH3 is 1. The Morgan fingerprint density at radius 3 is 2.58 bits per heavy atom. The first kappa shape index (κ1) is 11.4. The number of amides is 1. The maximum absolute atomic E-state index is 11.3. The molecular formula is C8H18N2O2. The largest absolute Gasteiger partial charge is 0.380 e. The van der Waals surface area contributed by atoms with Gasteiger partial charge < -0.3 is 15.4 Å². The lowest BCUT2D eigenvalue weighted by Gasteiger charge is -2.18. The average Bonchev–Trinajstić information content (AvgIpc) is 2.12. The fourth-order valence-electron chi connectivity index (χ4n) is 0.790. The molecular weight excluding hydrogens is 156 g/mol. The Balaban J connectivity index is 3.81. The van der Waals surface area contributed by atoms with E-state index >= 15 is 0 Å². The van der Waals surface area contributed by atoms with Gasteiger partial charge in [-0.15, -0.1) is 0 Å². The second kappa shape index (κ2) is 5.97. The van der Waals surface area contributed by atoms with Crippen molar-refractivity contribution in [1.82, 2.24) is 4.90 Å². The molecule has 12 heavy (non-hydrogen) atoms. The summed E-state index contributed by atoms with van der Waals surface area (Å²) in [6, 6.07) is 0. The summed E-state index contributed by atoms with van der Waals surface area (Å²) < 4.78 is 4.99. The van der Waals surface area contributed by atoms with Crippen molar-refractivity contribution in [3.63, 3.8) is 0 Å². The van der Waals surface area contributed by atoms with E-state index in [1.54, 1.807) is 19.1 Å². The number of hydrogen-bond acceptors (Lipinski definition) is 3. The summed E-state index contributed by atoms with van der Waals surface area (Å²) in [7, 11) is 3.34. The zero-order chi connectivity index (χ0) is 9.56. The zero-order valence-corrected chi connectivity index (χ0v) is 8.04. The maximum atomic E-state index is 11.3. The molecule has 0 heterocycles. The van der Waals surface area contributed by atoms with E-state index in [0.717, 1.165) is 6.54 Å². The van der Waals surface area contributed by atoms with Crippen LogP contribution in [0.15, 0.2) is 0 Å². The number of ether oxygens (including phenoxy) is 1. The van der Waals surface area contributed by atoms with Crippen molar-refractivity contribution in [1.29, 1.82) is 0 Å². The summed E-state index contributed by atoms with van der Waals surface area (Å²) in [6.45, 7) is 3.04. The quantitative estimate of drug-likeness (QED) is 0.629. The molecule has 0 aromatic rings. The molecule has 2 N–H and O–H groups in total. The van der Waals surface area contributed by atoms with Gasteiger partial charge in [-0.3, -0.25) is 4.79 Å². The molecule has 4 nitrogen and oxygen atoms in total. The lowest BCUT2D eigenvalue weighted by Crippen LogP contribution is -2.33. The molecule has 1 unspecified atom stereocenters. The van der Waals surface area contributed by atoms with E-state index < -0.39 is 0 Å². The molecule has 0 bridgehead atoms. The van der Waals surface area contributed by atoms with Crippen molar-refractivity contribution in [2.45, 2.75) is 19.4 Å². The fourth-order valence-corrected chi connectivity index (χ4v) is 0.790. The Kier molecular flexibility index (Phi) is 5.66. The van der Waals surface area contributed by atoms with E-state index in [0.29, 0.717) is 13.0 Å². The van der Waals surface area contributed by atoms with Crippen LogP contribution >= 0.6 is 0 Å². The normalized spacial score (nSPS) is 12.7. The van der Waals surface area contributed by atoms with Crippen molar-refractivity contribution < 1.29 is 9.53 Å². The van der Waals surface area contributed by atoms with Crippen LogP contribution in [0.2, 0.25) is 0 Å². The van der Waals surface area contributed by atoms with Crippen LogP contribution in [0.3, 0.4) is 0 Å². The van der Waals surface area contributed by atoms with Gasteiger partial charge in [0.25, 0.3) is 0 Å². The van der Waals surface area contributed by atoms with Gasteiger partial charge in [-0.2, -0.15) is 0 Å². The van der Waals surface area contributed by atoms with Crippen LogP contribution in [-0.4, -0.2) is 44.2 Å². The molecule has 1 atom stereocenters. The SMILES string of the molecule is CCN(C)C(=O)CC(CN)OC. The second-order valence-corrected chi connectivity index (χ2v) is 2.71. The van der Waals surface area contributed by atoms with Gasteiger partial charge in [0.1, 0.15) is 0 Å². The third kappa shape index (κ3) is 3.69. The first-order chi connectivity index (χ1) is 5.65. The highest BCUT2D eigenvalue weighted by molar-refractivity contribution is 5.76.